The second-order valence-corrected chi connectivity index (χ2v) is 8.28. The minimum absolute atomic E-state index is 0.172. The number of thioether (sulfide) groups is 1. The monoisotopic (exact) mass is 408 g/mol. The molecule has 0 spiro atoms. The summed E-state index contributed by atoms with van der Waals surface area (Å²) in [7, 11) is 0. The molecule has 0 radical (unpaired) electrons. The second kappa shape index (κ2) is 7.70. The number of hydrogen-bond donors (Lipinski definition) is 1. The molecule has 1 saturated heterocycles. The maximum atomic E-state index is 12.4. The van der Waals surface area contributed by atoms with Gasteiger partial charge in [0.1, 0.15) is 0 Å². The molecule has 0 saturated carbocycles. The molecule has 0 unspecified atom stereocenters. The normalized spacial score (nSPS) is 21.0. The highest BCUT2D eigenvalue weighted by molar-refractivity contribution is 9.10. The number of piperidine rings is 1. The molecule has 1 aromatic heterocycles. The van der Waals surface area contributed by atoms with E-state index in [1.54, 1.807) is 0 Å². The molecule has 3 rings (SSSR count). The third-order valence-electron chi connectivity index (χ3n) is 4.14. The standard InChI is InChI=1S/C17H21BrN4OS/c1-11-7-12(2)9-22(8-11)15(23)10-24-17-19-16(20-21-17)13-5-3-4-6-14(13)18/h3-6,11-12H,7-10H2,1-2H3,(H,19,20,21)/t11-,12-/m1/s1. The lowest BCUT2D eigenvalue weighted by molar-refractivity contribution is -0.130. The van der Waals surface area contributed by atoms with Crippen LogP contribution in [0.15, 0.2) is 33.9 Å². The van der Waals surface area contributed by atoms with Gasteiger partial charge in [-0.3, -0.25) is 9.89 Å². The van der Waals surface area contributed by atoms with Crippen LogP contribution in [-0.2, 0) is 4.79 Å². The van der Waals surface area contributed by atoms with E-state index in [1.165, 1.54) is 18.2 Å². The van der Waals surface area contributed by atoms with Gasteiger partial charge in [0.15, 0.2) is 5.82 Å². The van der Waals surface area contributed by atoms with Crippen LogP contribution in [0.4, 0.5) is 0 Å². The van der Waals surface area contributed by atoms with E-state index in [2.05, 4.69) is 45.0 Å². The van der Waals surface area contributed by atoms with Crippen molar-refractivity contribution >= 4 is 33.6 Å². The molecule has 1 amide bonds. The Bertz CT molecular complexity index is 710. The third kappa shape index (κ3) is 4.19. The fourth-order valence-electron chi connectivity index (χ4n) is 3.17. The van der Waals surface area contributed by atoms with E-state index in [9.17, 15) is 4.79 Å². The van der Waals surface area contributed by atoms with Gasteiger partial charge in [-0.2, -0.15) is 0 Å². The van der Waals surface area contributed by atoms with Crippen molar-refractivity contribution in [2.24, 2.45) is 11.8 Å². The molecule has 0 aliphatic carbocycles. The number of carbonyl (C=O) groups excluding carboxylic acids is 1. The number of nitrogens with zero attached hydrogens (tertiary/aromatic N) is 3. The van der Waals surface area contributed by atoms with E-state index in [0.29, 0.717) is 28.6 Å². The highest BCUT2D eigenvalue weighted by Crippen LogP contribution is 2.27. The summed E-state index contributed by atoms with van der Waals surface area (Å²) in [6.07, 6.45) is 1.20. The zero-order valence-corrected chi connectivity index (χ0v) is 16.2. The molecule has 2 heterocycles. The highest BCUT2D eigenvalue weighted by atomic mass is 79.9. The molecule has 1 aromatic carbocycles. The molecule has 5 nitrogen and oxygen atoms in total. The van der Waals surface area contributed by atoms with Crippen molar-refractivity contribution in [2.75, 3.05) is 18.8 Å². The van der Waals surface area contributed by atoms with Crippen LogP contribution >= 0.6 is 27.7 Å². The van der Waals surface area contributed by atoms with E-state index in [0.717, 1.165) is 23.1 Å². The molecule has 1 fully saturated rings. The number of likely N-dealkylation sites (tertiary alicyclic amines) is 1. The van der Waals surface area contributed by atoms with Gasteiger partial charge < -0.3 is 4.90 Å². The average Bonchev–Trinajstić information content (AvgIpc) is 3.01. The van der Waals surface area contributed by atoms with Crippen LogP contribution < -0.4 is 0 Å². The predicted octanol–water partition coefficient (Wildman–Crippen LogP) is 3.83. The summed E-state index contributed by atoms with van der Waals surface area (Å²) in [5, 5.41) is 7.76. The van der Waals surface area contributed by atoms with Gasteiger partial charge in [0, 0.05) is 23.1 Å². The Balaban J connectivity index is 1.59. The Labute approximate surface area is 154 Å². The first-order chi connectivity index (χ1) is 11.5. The molecule has 2 atom stereocenters. The molecule has 128 valence electrons. The molecule has 1 N–H and O–H groups in total. The first kappa shape index (κ1) is 17.5. The fourth-order valence-corrected chi connectivity index (χ4v) is 4.34. The molecule has 0 bridgehead atoms. The lowest BCUT2D eigenvalue weighted by Gasteiger charge is -2.34. The van der Waals surface area contributed by atoms with E-state index in [-0.39, 0.29) is 5.91 Å². The van der Waals surface area contributed by atoms with E-state index >= 15 is 0 Å². The minimum Gasteiger partial charge on any atom is -0.341 e. The first-order valence-electron chi connectivity index (χ1n) is 8.10. The van der Waals surface area contributed by atoms with Gasteiger partial charge in [0.05, 0.1) is 5.75 Å². The van der Waals surface area contributed by atoms with Crippen molar-refractivity contribution in [3.63, 3.8) is 0 Å². The summed E-state index contributed by atoms with van der Waals surface area (Å²) in [4.78, 5) is 18.9. The summed E-state index contributed by atoms with van der Waals surface area (Å²) < 4.78 is 0.963. The number of carbonyl (C=O) groups is 1. The van der Waals surface area contributed by atoms with Gasteiger partial charge in [-0.1, -0.05) is 59.7 Å². The van der Waals surface area contributed by atoms with Crippen molar-refractivity contribution in [1.82, 2.24) is 20.1 Å². The maximum Gasteiger partial charge on any atom is 0.233 e. The number of amides is 1. The quantitative estimate of drug-likeness (QED) is 0.780. The molecular formula is C17H21BrN4OS. The molecule has 7 heteroatoms. The molecular weight excluding hydrogens is 388 g/mol. The van der Waals surface area contributed by atoms with E-state index in [4.69, 9.17) is 0 Å². The zero-order valence-electron chi connectivity index (χ0n) is 13.8. The third-order valence-corrected chi connectivity index (χ3v) is 5.66. The van der Waals surface area contributed by atoms with Crippen molar-refractivity contribution < 1.29 is 4.79 Å². The molecule has 24 heavy (non-hydrogen) atoms. The highest BCUT2D eigenvalue weighted by Gasteiger charge is 2.25. The summed E-state index contributed by atoms with van der Waals surface area (Å²) >= 11 is 4.90. The van der Waals surface area contributed by atoms with Crippen LogP contribution in [0, 0.1) is 11.8 Å². The van der Waals surface area contributed by atoms with Gasteiger partial charge in [-0.25, -0.2) is 4.98 Å². The fraction of sp³-hybridized carbons (Fsp3) is 0.471. The van der Waals surface area contributed by atoms with Crippen LogP contribution in [0.2, 0.25) is 0 Å². The minimum atomic E-state index is 0.172. The van der Waals surface area contributed by atoms with Crippen LogP contribution in [0.25, 0.3) is 11.4 Å². The number of aromatic nitrogens is 3. The number of nitrogens with one attached hydrogen (secondary N) is 1. The van der Waals surface area contributed by atoms with Gasteiger partial charge in [-0.05, 0) is 24.3 Å². The van der Waals surface area contributed by atoms with E-state index in [1.807, 2.05) is 29.2 Å². The van der Waals surface area contributed by atoms with Gasteiger partial charge in [0.2, 0.25) is 11.1 Å². The zero-order chi connectivity index (χ0) is 17.1. The van der Waals surface area contributed by atoms with Gasteiger partial charge >= 0.3 is 0 Å². The Kier molecular flexibility index (Phi) is 5.61. The number of rotatable bonds is 4. The number of benzene rings is 1. The van der Waals surface area contributed by atoms with Gasteiger partial charge in [-0.15, -0.1) is 5.10 Å². The van der Waals surface area contributed by atoms with Crippen LogP contribution in [-0.4, -0.2) is 44.8 Å². The largest absolute Gasteiger partial charge is 0.341 e. The average molecular weight is 409 g/mol. The summed E-state index contributed by atoms with van der Waals surface area (Å²) in [6, 6.07) is 7.85. The molecule has 1 aliphatic rings. The van der Waals surface area contributed by atoms with Crippen LogP contribution in [0.5, 0.6) is 0 Å². The number of halogens is 1. The molecule has 1 aliphatic heterocycles. The van der Waals surface area contributed by atoms with Crippen LogP contribution in [0.3, 0.4) is 0 Å². The lowest BCUT2D eigenvalue weighted by atomic mass is 9.92. The molecule has 2 aromatic rings. The van der Waals surface area contributed by atoms with Crippen molar-refractivity contribution in [2.45, 2.75) is 25.4 Å². The van der Waals surface area contributed by atoms with Gasteiger partial charge in [0.25, 0.3) is 0 Å². The van der Waals surface area contributed by atoms with Crippen molar-refractivity contribution in [3.05, 3.63) is 28.7 Å². The van der Waals surface area contributed by atoms with E-state index < -0.39 is 0 Å². The van der Waals surface area contributed by atoms with Crippen LogP contribution in [0.1, 0.15) is 20.3 Å². The topological polar surface area (TPSA) is 61.9 Å². The lowest BCUT2D eigenvalue weighted by Crippen LogP contribution is -2.43. The van der Waals surface area contributed by atoms with Crippen molar-refractivity contribution in [3.8, 4) is 11.4 Å². The predicted molar refractivity (Wildman–Crippen MR) is 99.8 cm³/mol. The number of aromatic amines is 1. The van der Waals surface area contributed by atoms with Crippen molar-refractivity contribution in [1.29, 1.82) is 0 Å². The maximum absolute atomic E-state index is 12.4. The Morgan fingerprint density at radius 2 is 2.04 bits per heavy atom. The number of H-pyrrole nitrogens is 1. The Morgan fingerprint density at radius 1 is 1.33 bits per heavy atom. The summed E-state index contributed by atoms with van der Waals surface area (Å²) in [5.74, 6) is 2.41. The smallest absolute Gasteiger partial charge is 0.233 e. The summed E-state index contributed by atoms with van der Waals surface area (Å²) in [6.45, 7) is 6.14. The second-order valence-electron chi connectivity index (χ2n) is 6.48. The SMILES string of the molecule is C[C@@H]1C[C@@H](C)CN(C(=O)CSc2n[nH]c(-c3ccccc3Br)n2)C1. The first-order valence-corrected chi connectivity index (χ1v) is 9.88. The summed E-state index contributed by atoms with van der Waals surface area (Å²) in [5.41, 5.74) is 0.960. The Morgan fingerprint density at radius 3 is 2.75 bits per heavy atom. The number of hydrogen-bond acceptors (Lipinski definition) is 4. The Hall–Kier alpha value is -1.34.